The molecular weight excluding hydrogens is 270 g/mol. The second kappa shape index (κ2) is 5.66. The van der Waals surface area contributed by atoms with Gasteiger partial charge in [0.25, 0.3) is 0 Å². The Morgan fingerprint density at radius 3 is 2.84 bits per heavy atom. The fourth-order valence-electron chi connectivity index (χ4n) is 1.50. The number of aromatic carboxylic acids is 1. The molecule has 0 saturated carbocycles. The van der Waals surface area contributed by atoms with E-state index in [1.165, 1.54) is 13.2 Å². The van der Waals surface area contributed by atoms with Gasteiger partial charge >= 0.3 is 5.97 Å². The van der Waals surface area contributed by atoms with Crippen LogP contribution in [-0.4, -0.2) is 27.6 Å². The largest absolute Gasteiger partial charge is 0.495 e. The number of aromatic nitrogens is 1. The molecule has 0 bridgehead atoms. The molecule has 1 N–H and O–H groups in total. The molecule has 0 amide bonds. The van der Waals surface area contributed by atoms with E-state index in [1.807, 2.05) is 0 Å². The summed E-state index contributed by atoms with van der Waals surface area (Å²) in [5.74, 6) is -0.376. The van der Waals surface area contributed by atoms with E-state index in [0.717, 1.165) is 0 Å². The molecule has 2 rings (SSSR count). The van der Waals surface area contributed by atoms with Gasteiger partial charge in [-0.05, 0) is 12.1 Å². The van der Waals surface area contributed by atoms with E-state index >= 15 is 0 Å². The summed E-state index contributed by atoms with van der Waals surface area (Å²) in [6, 6.07) is 8.17. The summed E-state index contributed by atoms with van der Waals surface area (Å²) >= 11 is 0. The van der Waals surface area contributed by atoms with Crippen LogP contribution in [0.5, 0.6) is 5.75 Å². The van der Waals surface area contributed by atoms with Gasteiger partial charge in [0.05, 0.1) is 28.6 Å². The summed E-state index contributed by atoms with van der Waals surface area (Å²) in [5, 5.41) is 12.1. The van der Waals surface area contributed by atoms with Crippen molar-refractivity contribution >= 4 is 16.8 Å². The highest BCUT2D eigenvalue weighted by atomic mass is 32.2. The summed E-state index contributed by atoms with van der Waals surface area (Å²) in [5.41, 5.74) is -0.202. The zero-order valence-corrected chi connectivity index (χ0v) is 10.8. The number of hydrogen-bond donors (Lipinski definition) is 1. The lowest BCUT2D eigenvalue weighted by Gasteiger charge is -2.06. The van der Waals surface area contributed by atoms with Crippen molar-refractivity contribution in [3.63, 3.8) is 0 Å². The Hall–Kier alpha value is -2.15. The molecule has 0 aliphatic carbocycles. The highest BCUT2D eigenvalue weighted by Crippen LogP contribution is 2.23. The molecule has 0 aliphatic heterocycles. The van der Waals surface area contributed by atoms with Crippen molar-refractivity contribution in [2.45, 2.75) is 10.6 Å². The summed E-state index contributed by atoms with van der Waals surface area (Å²) in [4.78, 5) is 11.2. The first kappa shape index (κ1) is 13.3. The minimum atomic E-state index is -1.40. The molecule has 1 aromatic heterocycles. The Labute approximate surface area is 111 Å². The number of ether oxygens (including phenoxy) is 1. The monoisotopic (exact) mass is 281 g/mol. The van der Waals surface area contributed by atoms with Gasteiger partial charge < -0.3 is 14.4 Å². The Morgan fingerprint density at radius 1 is 1.47 bits per heavy atom. The van der Waals surface area contributed by atoms with Gasteiger partial charge in [0, 0.05) is 6.07 Å². The lowest BCUT2D eigenvalue weighted by molar-refractivity contribution is 0.0685. The summed E-state index contributed by atoms with van der Waals surface area (Å²) < 4.78 is 22.1. The Bertz CT molecular complexity index is 622. The maximum Gasteiger partial charge on any atom is 0.358 e. The normalized spacial score (nSPS) is 12.1. The van der Waals surface area contributed by atoms with Gasteiger partial charge in [0.2, 0.25) is 0 Å². The van der Waals surface area contributed by atoms with Crippen molar-refractivity contribution < 1.29 is 23.4 Å². The van der Waals surface area contributed by atoms with Crippen LogP contribution in [0.15, 0.2) is 39.8 Å². The quantitative estimate of drug-likeness (QED) is 0.897. The highest BCUT2D eigenvalue weighted by Gasteiger charge is 2.16. The predicted octanol–water partition coefficient (Wildman–Crippen LogP) is 1.69. The number of carbonyl (C=O) groups is 1. The lowest BCUT2D eigenvalue weighted by Crippen LogP contribution is -1.99. The van der Waals surface area contributed by atoms with E-state index in [1.54, 1.807) is 24.3 Å². The average Bonchev–Trinajstić information content (AvgIpc) is 2.87. The first-order valence-corrected chi connectivity index (χ1v) is 6.64. The van der Waals surface area contributed by atoms with Gasteiger partial charge in [-0.2, -0.15) is 0 Å². The third kappa shape index (κ3) is 3.00. The molecule has 7 heteroatoms. The van der Waals surface area contributed by atoms with Crippen LogP contribution in [0.1, 0.15) is 16.2 Å². The SMILES string of the molecule is COc1ccccc1S(=O)Cc1cc(C(=O)O)no1. The van der Waals surface area contributed by atoms with Crippen molar-refractivity contribution in [1.82, 2.24) is 5.16 Å². The van der Waals surface area contributed by atoms with Crippen LogP contribution >= 0.6 is 0 Å². The second-order valence-electron chi connectivity index (χ2n) is 3.62. The van der Waals surface area contributed by atoms with Gasteiger partial charge in [0.15, 0.2) is 5.69 Å². The molecule has 1 unspecified atom stereocenters. The molecule has 0 radical (unpaired) electrons. The topological polar surface area (TPSA) is 89.6 Å². The van der Waals surface area contributed by atoms with E-state index in [2.05, 4.69) is 5.16 Å². The van der Waals surface area contributed by atoms with E-state index in [0.29, 0.717) is 10.6 Å². The van der Waals surface area contributed by atoms with Crippen LogP contribution in [-0.2, 0) is 16.6 Å². The number of para-hydroxylation sites is 1. The smallest absolute Gasteiger partial charge is 0.358 e. The van der Waals surface area contributed by atoms with E-state index in [-0.39, 0.29) is 17.2 Å². The molecule has 1 atom stereocenters. The van der Waals surface area contributed by atoms with Crippen molar-refractivity contribution in [2.24, 2.45) is 0 Å². The maximum absolute atomic E-state index is 12.2. The van der Waals surface area contributed by atoms with Crippen molar-refractivity contribution in [1.29, 1.82) is 0 Å². The summed E-state index contributed by atoms with van der Waals surface area (Å²) in [6.45, 7) is 0. The van der Waals surface area contributed by atoms with Crippen LogP contribution in [0.4, 0.5) is 0 Å². The molecule has 1 heterocycles. The number of benzene rings is 1. The van der Waals surface area contributed by atoms with E-state index in [4.69, 9.17) is 14.4 Å². The second-order valence-corrected chi connectivity index (χ2v) is 5.04. The Kier molecular flexibility index (Phi) is 3.96. The molecule has 0 saturated heterocycles. The number of carboxylic acids is 1. The first-order chi connectivity index (χ1) is 9.11. The zero-order chi connectivity index (χ0) is 13.8. The van der Waals surface area contributed by atoms with Gasteiger partial charge in [-0.15, -0.1) is 0 Å². The fourth-order valence-corrected chi connectivity index (χ4v) is 2.65. The average molecular weight is 281 g/mol. The van der Waals surface area contributed by atoms with Crippen LogP contribution < -0.4 is 4.74 Å². The third-order valence-corrected chi connectivity index (χ3v) is 3.74. The number of hydrogen-bond acceptors (Lipinski definition) is 5. The third-order valence-electron chi connectivity index (χ3n) is 2.37. The van der Waals surface area contributed by atoms with Gasteiger partial charge in [-0.25, -0.2) is 4.79 Å². The molecule has 2 aromatic rings. The Morgan fingerprint density at radius 2 is 2.21 bits per heavy atom. The molecule has 19 heavy (non-hydrogen) atoms. The standard InChI is InChI=1S/C12H11NO5S/c1-17-10-4-2-3-5-11(10)19(16)7-8-6-9(12(14)15)13-18-8/h2-6H,7H2,1H3,(H,14,15). The molecule has 0 fully saturated rings. The van der Waals surface area contributed by atoms with Crippen molar-refractivity contribution in [2.75, 3.05) is 7.11 Å². The van der Waals surface area contributed by atoms with Gasteiger partial charge in [-0.3, -0.25) is 4.21 Å². The maximum atomic E-state index is 12.2. The van der Waals surface area contributed by atoms with E-state index < -0.39 is 16.8 Å². The van der Waals surface area contributed by atoms with E-state index in [9.17, 15) is 9.00 Å². The predicted molar refractivity (Wildman–Crippen MR) is 66.6 cm³/mol. The number of carboxylic acid groups (broad SMARTS) is 1. The minimum Gasteiger partial charge on any atom is -0.495 e. The molecule has 0 aliphatic rings. The fraction of sp³-hybridized carbons (Fsp3) is 0.167. The van der Waals surface area contributed by atoms with Crippen molar-refractivity contribution in [3.8, 4) is 5.75 Å². The summed E-state index contributed by atoms with van der Waals surface area (Å²) in [6.07, 6.45) is 0. The summed E-state index contributed by atoms with van der Waals surface area (Å²) in [7, 11) is 0.0957. The lowest BCUT2D eigenvalue weighted by atomic mass is 10.3. The molecular formula is C12H11NO5S. The van der Waals surface area contributed by atoms with Gasteiger partial charge in [0.1, 0.15) is 11.5 Å². The zero-order valence-electron chi connectivity index (χ0n) is 10.0. The number of methoxy groups -OCH3 is 1. The first-order valence-electron chi connectivity index (χ1n) is 5.32. The van der Waals surface area contributed by atoms with Crippen LogP contribution in [0.3, 0.4) is 0 Å². The molecule has 0 spiro atoms. The number of rotatable bonds is 5. The van der Waals surface area contributed by atoms with Crippen LogP contribution in [0.25, 0.3) is 0 Å². The molecule has 1 aromatic carbocycles. The number of nitrogens with zero attached hydrogens (tertiary/aromatic N) is 1. The highest BCUT2D eigenvalue weighted by molar-refractivity contribution is 7.84. The van der Waals surface area contributed by atoms with Crippen LogP contribution in [0, 0.1) is 0 Å². The minimum absolute atomic E-state index is 0.0423. The van der Waals surface area contributed by atoms with Crippen molar-refractivity contribution in [3.05, 3.63) is 41.8 Å². The molecule has 100 valence electrons. The molecule has 6 nitrogen and oxygen atoms in total. The van der Waals surface area contributed by atoms with Crippen LogP contribution in [0.2, 0.25) is 0 Å². The van der Waals surface area contributed by atoms with Gasteiger partial charge in [-0.1, -0.05) is 17.3 Å². The Balaban J connectivity index is 2.18.